The molecule has 1 N–H and O–H groups in total. The summed E-state index contributed by atoms with van der Waals surface area (Å²) in [7, 11) is 0. The van der Waals surface area contributed by atoms with Gasteiger partial charge in [-0.2, -0.15) is 0 Å². The molecule has 1 spiro atoms. The molecule has 9 heteroatoms. The number of amides is 3. The van der Waals surface area contributed by atoms with Crippen LogP contribution in [0.25, 0.3) is 0 Å². The molecule has 0 aliphatic carbocycles. The lowest BCUT2D eigenvalue weighted by atomic mass is 9.96. The Morgan fingerprint density at radius 3 is 2.44 bits per heavy atom. The van der Waals surface area contributed by atoms with Crippen LogP contribution in [0.5, 0.6) is 0 Å². The van der Waals surface area contributed by atoms with Gasteiger partial charge in [0.1, 0.15) is 17.6 Å². The van der Waals surface area contributed by atoms with E-state index in [4.69, 9.17) is 9.47 Å². The molecule has 3 saturated heterocycles. The third kappa shape index (κ3) is 4.85. The number of piperidine rings is 1. The smallest absolute Gasteiger partial charge is 0.256 e. The lowest BCUT2D eigenvalue weighted by molar-refractivity contribution is -0.128. The first-order valence-electron chi connectivity index (χ1n) is 12.4. The van der Waals surface area contributed by atoms with E-state index in [1.165, 1.54) is 18.2 Å². The fraction of sp³-hybridized carbons (Fsp3) is 0.444. The molecular formula is C27H30FN3O5. The fourth-order valence-electron chi connectivity index (χ4n) is 5.29. The summed E-state index contributed by atoms with van der Waals surface area (Å²) in [6.45, 7) is 1.80. The average Bonchev–Trinajstić information content (AvgIpc) is 3.56. The molecular weight excluding hydrogens is 465 g/mol. The Balaban J connectivity index is 1.33. The molecule has 3 aliphatic heterocycles. The first-order chi connectivity index (χ1) is 17.5. The van der Waals surface area contributed by atoms with E-state index in [9.17, 15) is 18.8 Å². The van der Waals surface area contributed by atoms with Crippen LogP contribution >= 0.6 is 0 Å². The Morgan fingerprint density at radius 1 is 1.00 bits per heavy atom. The highest BCUT2D eigenvalue weighted by atomic mass is 19.1. The van der Waals surface area contributed by atoms with Crippen molar-refractivity contribution in [2.45, 2.75) is 43.6 Å². The minimum atomic E-state index is -1.00. The quantitative estimate of drug-likeness (QED) is 0.689. The maximum absolute atomic E-state index is 13.7. The molecule has 0 unspecified atom stereocenters. The molecule has 0 bridgehead atoms. The lowest BCUT2D eigenvalue weighted by Crippen LogP contribution is -2.60. The zero-order valence-corrected chi connectivity index (χ0v) is 20.0. The molecule has 3 amide bonds. The topological polar surface area (TPSA) is 88.2 Å². The Kier molecular flexibility index (Phi) is 7.02. The van der Waals surface area contributed by atoms with Crippen molar-refractivity contribution < 1.29 is 28.2 Å². The van der Waals surface area contributed by atoms with Gasteiger partial charge >= 0.3 is 0 Å². The third-order valence-corrected chi connectivity index (χ3v) is 7.23. The molecule has 5 rings (SSSR count). The molecule has 2 atom stereocenters. The highest BCUT2D eigenvalue weighted by Gasteiger charge is 2.54. The number of rotatable bonds is 5. The summed E-state index contributed by atoms with van der Waals surface area (Å²) in [5, 5.41) is 2.94. The average molecular weight is 496 g/mol. The van der Waals surface area contributed by atoms with E-state index < -0.39 is 17.6 Å². The molecule has 36 heavy (non-hydrogen) atoms. The summed E-state index contributed by atoms with van der Waals surface area (Å²) in [6, 6.07) is 13.7. The lowest BCUT2D eigenvalue weighted by Gasteiger charge is -2.44. The van der Waals surface area contributed by atoms with Gasteiger partial charge in [0.25, 0.3) is 11.8 Å². The highest BCUT2D eigenvalue weighted by molar-refractivity contribution is 5.98. The van der Waals surface area contributed by atoms with E-state index in [-0.39, 0.29) is 36.0 Å². The Morgan fingerprint density at radius 2 is 1.75 bits per heavy atom. The van der Waals surface area contributed by atoms with Crippen LogP contribution in [0.3, 0.4) is 0 Å². The first-order valence-corrected chi connectivity index (χ1v) is 12.4. The number of nitrogens with zero attached hydrogens (tertiary/aromatic N) is 2. The van der Waals surface area contributed by atoms with Crippen LogP contribution in [0, 0.1) is 5.82 Å². The number of hydrogen-bond donors (Lipinski definition) is 1. The standard InChI is InChI=1S/C27H30FN3O5/c28-21-9-4-8-20(16-21)25(33)30-13-11-27(12-14-30)31(26(34)19-6-2-1-3-7-19)23(18-36-27)24(32)29-17-22-10-5-15-35-22/h1-4,6-9,16,22-23H,5,10-15,17-18H2,(H,29,32)/t22-,23+/m0/s1. The summed E-state index contributed by atoms with van der Waals surface area (Å²) in [5.41, 5.74) is -0.253. The fourth-order valence-corrected chi connectivity index (χ4v) is 5.29. The molecule has 0 aromatic heterocycles. The van der Waals surface area contributed by atoms with Gasteiger partial charge in [-0.15, -0.1) is 0 Å². The molecule has 8 nitrogen and oxygen atoms in total. The number of hydrogen-bond acceptors (Lipinski definition) is 5. The van der Waals surface area contributed by atoms with Gasteiger partial charge in [0.05, 0.1) is 12.7 Å². The van der Waals surface area contributed by atoms with Gasteiger partial charge in [0.2, 0.25) is 5.91 Å². The Labute approximate surface area is 209 Å². The van der Waals surface area contributed by atoms with Crippen molar-refractivity contribution in [1.29, 1.82) is 0 Å². The minimum Gasteiger partial charge on any atom is -0.376 e. The van der Waals surface area contributed by atoms with Gasteiger partial charge in [0.15, 0.2) is 0 Å². The van der Waals surface area contributed by atoms with Crippen molar-refractivity contribution in [3.05, 3.63) is 71.5 Å². The van der Waals surface area contributed by atoms with E-state index >= 15 is 0 Å². The molecule has 0 radical (unpaired) electrons. The summed E-state index contributed by atoms with van der Waals surface area (Å²) in [5.74, 6) is -1.29. The molecule has 3 aliphatic rings. The zero-order chi connectivity index (χ0) is 25.1. The number of benzene rings is 2. The van der Waals surface area contributed by atoms with Gasteiger partial charge in [-0.1, -0.05) is 24.3 Å². The molecule has 3 fully saturated rings. The molecule has 3 heterocycles. The molecule has 2 aromatic carbocycles. The van der Waals surface area contributed by atoms with E-state index in [0.29, 0.717) is 44.6 Å². The van der Waals surface area contributed by atoms with E-state index in [2.05, 4.69) is 5.32 Å². The van der Waals surface area contributed by atoms with E-state index in [1.54, 1.807) is 40.1 Å². The number of nitrogens with one attached hydrogen (secondary N) is 1. The van der Waals surface area contributed by atoms with Crippen molar-refractivity contribution >= 4 is 17.7 Å². The molecule has 0 saturated carbocycles. The number of ether oxygens (including phenoxy) is 2. The second kappa shape index (κ2) is 10.4. The van der Waals surface area contributed by atoms with Crippen molar-refractivity contribution in [3.8, 4) is 0 Å². The van der Waals surface area contributed by atoms with Gasteiger partial charge in [-0.25, -0.2) is 4.39 Å². The maximum Gasteiger partial charge on any atom is 0.256 e. The minimum absolute atomic E-state index is 0.0134. The number of carbonyl (C=O) groups excluding carboxylic acids is 3. The van der Waals surface area contributed by atoms with Crippen LogP contribution in [0.15, 0.2) is 54.6 Å². The van der Waals surface area contributed by atoms with Gasteiger partial charge in [0, 0.05) is 50.2 Å². The van der Waals surface area contributed by atoms with Crippen LogP contribution in [0.2, 0.25) is 0 Å². The SMILES string of the molecule is O=C(NC[C@@H]1CCCO1)[C@H]1COC2(CCN(C(=O)c3cccc(F)c3)CC2)N1C(=O)c1ccccc1. The predicted octanol–water partition coefficient (Wildman–Crippen LogP) is 2.59. The third-order valence-electron chi connectivity index (χ3n) is 7.23. The summed E-state index contributed by atoms with van der Waals surface area (Å²) in [4.78, 5) is 43.1. The van der Waals surface area contributed by atoms with Gasteiger partial charge in [-0.05, 0) is 43.2 Å². The van der Waals surface area contributed by atoms with Crippen LogP contribution in [0.1, 0.15) is 46.4 Å². The van der Waals surface area contributed by atoms with Gasteiger partial charge in [-0.3, -0.25) is 19.3 Å². The summed E-state index contributed by atoms with van der Waals surface area (Å²) in [6.07, 6.45) is 2.55. The summed E-state index contributed by atoms with van der Waals surface area (Å²) < 4.78 is 25.5. The second-order valence-electron chi connectivity index (χ2n) is 9.50. The second-order valence-corrected chi connectivity index (χ2v) is 9.50. The zero-order valence-electron chi connectivity index (χ0n) is 20.0. The normalized spacial score (nSPS) is 23.1. The van der Waals surface area contributed by atoms with Crippen molar-refractivity contribution in [1.82, 2.24) is 15.1 Å². The number of carbonyl (C=O) groups is 3. The number of likely N-dealkylation sites (tertiary alicyclic amines) is 1. The molecule has 190 valence electrons. The number of halogens is 1. The highest BCUT2D eigenvalue weighted by Crippen LogP contribution is 2.39. The Hall–Kier alpha value is -3.30. The van der Waals surface area contributed by atoms with Crippen molar-refractivity contribution in [2.24, 2.45) is 0 Å². The van der Waals surface area contributed by atoms with Crippen molar-refractivity contribution in [3.63, 3.8) is 0 Å². The van der Waals surface area contributed by atoms with Crippen LogP contribution in [-0.2, 0) is 14.3 Å². The first kappa shape index (κ1) is 24.4. The maximum atomic E-state index is 13.7. The van der Waals surface area contributed by atoms with Crippen LogP contribution in [-0.4, -0.2) is 78.2 Å². The van der Waals surface area contributed by atoms with Crippen LogP contribution in [0.4, 0.5) is 4.39 Å². The van der Waals surface area contributed by atoms with Crippen molar-refractivity contribution in [2.75, 3.05) is 32.8 Å². The summed E-state index contributed by atoms with van der Waals surface area (Å²) >= 11 is 0. The van der Waals surface area contributed by atoms with Crippen LogP contribution < -0.4 is 5.32 Å². The van der Waals surface area contributed by atoms with E-state index in [0.717, 1.165) is 12.8 Å². The monoisotopic (exact) mass is 495 g/mol. The largest absolute Gasteiger partial charge is 0.376 e. The molecule has 2 aromatic rings. The predicted molar refractivity (Wildman–Crippen MR) is 129 cm³/mol. The Bertz CT molecular complexity index is 1110. The van der Waals surface area contributed by atoms with E-state index in [1.807, 2.05) is 6.07 Å². The van der Waals surface area contributed by atoms with Gasteiger partial charge < -0.3 is 19.7 Å².